The van der Waals surface area contributed by atoms with Crippen molar-refractivity contribution < 1.29 is 44.4 Å². The Balaban J connectivity index is 1.04. The molecule has 2 aliphatic heterocycles. The van der Waals surface area contributed by atoms with Crippen molar-refractivity contribution in [2.24, 2.45) is 0 Å². The normalized spacial score (nSPS) is 23.5. The van der Waals surface area contributed by atoms with Crippen LogP contribution >= 0.6 is 0 Å². The summed E-state index contributed by atoms with van der Waals surface area (Å²) < 4.78 is 95.6. The average Bonchev–Trinajstić information content (AvgIpc) is 3.92. The predicted molar refractivity (Wildman–Crippen MR) is 198 cm³/mol. The largest absolute Gasteiger partial charge is 0.471 e. The number of carbonyl (C=O) groups excluding carboxylic acids is 3. The highest BCUT2D eigenvalue weighted by Gasteiger charge is 2.47. The molecule has 4 N–H and O–H groups in total. The number of hydrogen-bond donors (Lipinski definition) is 4. The maximum absolute atomic E-state index is 13.4. The Bertz CT molecular complexity index is 2190. The number of nitrogens with zero attached hydrogens (tertiary/aromatic N) is 2. The van der Waals surface area contributed by atoms with Gasteiger partial charge in [0.2, 0.25) is 20.0 Å². The van der Waals surface area contributed by atoms with Crippen LogP contribution in [-0.4, -0.2) is 94.0 Å². The van der Waals surface area contributed by atoms with Crippen molar-refractivity contribution >= 4 is 49.4 Å². The summed E-state index contributed by atoms with van der Waals surface area (Å²) in [6.45, 7) is 2.39. The lowest BCUT2D eigenvalue weighted by Gasteiger charge is -2.37. The second-order valence-corrected chi connectivity index (χ2v) is 19.7. The van der Waals surface area contributed by atoms with Crippen molar-refractivity contribution in [1.29, 1.82) is 0 Å². The van der Waals surface area contributed by atoms with Crippen LogP contribution in [0.4, 0.5) is 34.1 Å². The minimum atomic E-state index is -5.13. The summed E-state index contributed by atoms with van der Waals surface area (Å²) in [4.78, 5) is 40.9. The van der Waals surface area contributed by atoms with Crippen LogP contribution in [0.1, 0.15) is 95.4 Å². The smallest absolute Gasteiger partial charge is 0.333 e. The lowest BCUT2D eigenvalue weighted by Crippen LogP contribution is -2.58. The zero-order valence-electron chi connectivity index (χ0n) is 30.5. The molecule has 2 aromatic rings. The van der Waals surface area contributed by atoms with Gasteiger partial charge in [0.05, 0.1) is 5.25 Å². The van der Waals surface area contributed by atoms with Gasteiger partial charge in [-0.25, -0.2) is 35.9 Å². The Hall–Kier alpha value is -3.90. The fourth-order valence-corrected chi connectivity index (χ4v) is 12.5. The minimum absolute atomic E-state index is 0.00466. The Morgan fingerprint density at radius 1 is 0.709 bits per heavy atom. The number of rotatable bonds is 8. The third-order valence-corrected chi connectivity index (χ3v) is 16.0. The van der Waals surface area contributed by atoms with Crippen LogP contribution in [-0.2, 0) is 63.4 Å². The van der Waals surface area contributed by atoms with Crippen molar-refractivity contribution in [2.75, 3.05) is 43.4 Å². The van der Waals surface area contributed by atoms with Crippen LogP contribution in [0.25, 0.3) is 0 Å². The van der Waals surface area contributed by atoms with Gasteiger partial charge in [-0.2, -0.15) is 13.2 Å². The molecule has 5 amide bonds. The Kier molecular flexibility index (Phi) is 9.63. The summed E-state index contributed by atoms with van der Waals surface area (Å²) in [6.07, 6.45) is 2.52. The molecule has 13 nitrogen and oxygen atoms in total. The zero-order chi connectivity index (χ0) is 39.0. The quantitative estimate of drug-likeness (QED) is 0.308. The van der Waals surface area contributed by atoms with E-state index in [4.69, 9.17) is 0 Å². The summed E-state index contributed by atoms with van der Waals surface area (Å²) >= 11 is 0. The fraction of sp³-hybridized carbons (Fsp3) is 0.595. The van der Waals surface area contributed by atoms with E-state index in [1.165, 1.54) is 5.56 Å². The molecule has 4 aliphatic carbocycles. The monoisotopic (exact) mass is 806 g/mol. The molecule has 55 heavy (non-hydrogen) atoms. The number of sulfonamides is 2. The standard InChI is InChI=1S/C37H45F3N6O7S2/c1-2-45-17-24(18-45)55(52,53)44-36(49)42-33-26-8-3-5-20(26)15-22-9-10-28(31(22)33)27-11-12-29-30(27)16-21-6-4-7-25(21)32(29)41-35(48)43-54(50,51)23-13-14-46(19-23)34(47)37(38,39)40/h15-16,23-24,27-28H,2-14,17-19H2,1H3,(H2,41,43,48)(H2,42,44,49). The number of fused-ring (bicyclic) bond motifs is 4. The number of benzene rings is 2. The van der Waals surface area contributed by atoms with Crippen LogP contribution in [0, 0.1) is 0 Å². The number of hydrogen-bond acceptors (Lipinski definition) is 8. The Morgan fingerprint density at radius 3 is 1.96 bits per heavy atom. The number of alkyl halides is 3. The molecule has 2 heterocycles. The molecule has 0 bridgehead atoms. The molecule has 2 fully saturated rings. The summed E-state index contributed by atoms with van der Waals surface area (Å²) in [6, 6.07) is 2.67. The number of halogens is 3. The van der Waals surface area contributed by atoms with Crippen molar-refractivity contribution in [3.63, 3.8) is 0 Å². The van der Waals surface area contributed by atoms with Crippen LogP contribution in [0.5, 0.6) is 0 Å². The first-order valence-corrected chi connectivity index (χ1v) is 22.2. The number of nitrogens with one attached hydrogen (secondary N) is 4. The van der Waals surface area contributed by atoms with Gasteiger partial charge in [-0.1, -0.05) is 19.1 Å². The zero-order valence-corrected chi connectivity index (χ0v) is 32.1. The summed E-state index contributed by atoms with van der Waals surface area (Å²) in [5.41, 5.74) is 9.61. The van der Waals surface area contributed by atoms with Gasteiger partial charge in [-0.3, -0.25) is 4.79 Å². The molecule has 8 rings (SSSR count). The number of carbonyl (C=O) groups is 3. The predicted octanol–water partition coefficient (Wildman–Crippen LogP) is 4.19. The molecule has 6 aliphatic rings. The van der Waals surface area contributed by atoms with Gasteiger partial charge in [0.1, 0.15) is 5.25 Å². The van der Waals surface area contributed by atoms with E-state index < -0.39 is 61.2 Å². The van der Waals surface area contributed by atoms with Crippen LogP contribution in [0.3, 0.4) is 0 Å². The van der Waals surface area contributed by atoms with Crippen molar-refractivity contribution in [2.45, 2.75) is 106 Å². The number of aryl methyl sites for hydroxylation is 3. The average molecular weight is 807 g/mol. The second-order valence-electron chi connectivity index (χ2n) is 15.8. The first kappa shape index (κ1) is 38.0. The van der Waals surface area contributed by atoms with E-state index in [1.54, 1.807) is 0 Å². The van der Waals surface area contributed by atoms with Gasteiger partial charge in [0, 0.05) is 37.6 Å². The number of anilines is 2. The Morgan fingerprint density at radius 2 is 1.31 bits per heavy atom. The molecule has 3 unspecified atom stereocenters. The van der Waals surface area contributed by atoms with Gasteiger partial charge < -0.3 is 20.4 Å². The first-order chi connectivity index (χ1) is 26.0. The van der Waals surface area contributed by atoms with Gasteiger partial charge >= 0.3 is 24.1 Å². The van der Waals surface area contributed by atoms with E-state index >= 15 is 0 Å². The summed E-state index contributed by atoms with van der Waals surface area (Å²) in [5.74, 6) is -2.09. The highest BCUT2D eigenvalue weighted by molar-refractivity contribution is 7.91. The second kappa shape index (κ2) is 13.9. The maximum atomic E-state index is 13.4. The summed E-state index contributed by atoms with van der Waals surface area (Å²) in [5, 5.41) is 3.79. The molecule has 2 aromatic carbocycles. The highest BCUT2D eigenvalue weighted by atomic mass is 32.2. The van der Waals surface area contributed by atoms with E-state index in [0.717, 1.165) is 96.9 Å². The maximum Gasteiger partial charge on any atom is 0.471 e. The summed E-state index contributed by atoms with van der Waals surface area (Å²) in [7, 11) is -8.29. The molecular weight excluding hydrogens is 762 g/mol. The van der Waals surface area contributed by atoms with Crippen molar-refractivity contribution in [1.82, 2.24) is 19.2 Å². The molecule has 3 atom stereocenters. The van der Waals surface area contributed by atoms with E-state index in [9.17, 15) is 44.4 Å². The van der Waals surface area contributed by atoms with E-state index in [0.29, 0.717) is 42.2 Å². The van der Waals surface area contributed by atoms with Gasteiger partial charge in [-0.15, -0.1) is 0 Å². The van der Waals surface area contributed by atoms with E-state index in [-0.39, 0.29) is 24.8 Å². The minimum Gasteiger partial charge on any atom is -0.333 e. The van der Waals surface area contributed by atoms with Crippen molar-refractivity contribution in [3.05, 3.63) is 56.6 Å². The molecular formula is C37H45F3N6O7S2. The van der Waals surface area contributed by atoms with Crippen LogP contribution < -0.4 is 20.1 Å². The number of urea groups is 2. The number of amides is 5. The third kappa shape index (κ3) is 6.95. The molecule has 18 heteroatoms. The topological polar surface area (TPSA) is 174 Å². The van der Waals surface area contributed by atoms with Crippen molar-refractivity contribution in [3.8, 4) is 0 Å². The van der Waals surface area contributed by atoms with Crippen LogP contribution in [0.15, 0.2) is 12.1 Å². The lowest BCUT2D eigenvalue weighted by atomic mass is 9.81. The number of likely N-dealkylation sites (tertiary alicyclic amines) is 2. The molecule has 0 saturated carbocycles. The van der Waals surface area contributed by atoms with Gasteiger partial charge in [-0.05, 0) is 134 Å². The first-order valence-electron chi connectivity index (χ1n) is 19.1. The molecule has 0 spiro atoms. The van der Waals surface area contributed by atoms with Gasteiger partial charge in [0.25, 0.3) is 0 Å². The van der Waals surface area contributed by atoms with Gasteiger partial charge in [0.15, 0.2) is 0 Å². The van der Waals surface area contributed by atoms with E-state index in [1.807, 2.05) is 16.5 Å². The third-order valence-electron chi connectivity index (χ3n) is 12.6. The molecule has 298 valence electrons. The van der Waals surface area contributed by atoms with E-state index in [2.05, 4.69) is 27.5 Å². The molecule has 0 aromatic heterocycles. The fourth-order valence-electron chi connectivity index (χ4n) is 9.92. The lowest BCUT2D eigenvalue weighted by molar-refractivity contribution is -0.184. The highest BCUT2D eigenvalue weighted by Crippen LogP contribution is 2.55. The molecule has 0 radical (unpaired) electrons. The van der Waals surface area contributed by atoms with Crippen LogP contribution in [0.2, 0.25) is 0 Å². The SMILES string of the molecule is CCN1CC(S(=O)(=O)NC(=O)Nc2c3c(cc4c2C(C2CCc5c2cc2c(c5NC(=O)NS(=O)(=O)C5CCN(C(=O)C(F)(F)F)C5)CCC2)CC4)CCC3)C1. The Labute approximate surface area is 318 Å². The molecule has 2 saturated heterocycles.